The van der Waals surface area contributed by atoms with Gasteiger partial charge in [0.05, 0.1) is 17.4 Å². The van der Waals surface area contributed by atoms with Crippen LogP contribution in [0.5, 0.6) is 0 Å². The third-order valence-electron chi connectivity index (χ3n) is 5.71. The van der Waals surface area contributed by atoms with Crippen LogP contribution in [0.2, 0.25) is 0 Å². The Labute approximate surface area is 173 Å². The SMILES string of the molecule is Cc1cc(C)n(-c2cccc(C3=CC4CCCC(C3)N4C(=O)OC(C)(C)C)c2)n1. The summed E-state index contributed by atoms with van der Waals surface area (Å²) in [5.74, 6) is 0. The van der Waals surface area contributed by atoms with Crippen molar-refractivity contribution in [1.82, 2.24) is 14.7 Å². The maximum Gasteiger partial charge on any atom is 0.411 e. The average Bonchev–Trinajstić information content (AvgIpc) is 2.97. The van der Waals surface area contributed by atoms with Gasteiger partial charge in [0.15, 0.2) is 0 Å². The van der Waals surface area contributed by atoms with E-state index in [4.69, 9.17) is 4.74 Å². The molecule has 154 valence electrons. The predicted molar refractivity (Wildman–Crippen MR) is 115 cm³/mol. The van der Waals surface area contributed by atoms with Crippen molar-refractivity contribution < 1.29 is 9.53 Å². The van der Waals surface area contributed by atoms with Crippen LogP contribution in [0.1, 0.15) is 63.4 Å². The Hall–Kier alpha value is -2.56. The molecule has 0 saturated carbocycles. The number of piperidine rings is 1. The molecule has 2 unspecified atom stereocenters. The number of hydrogen-bond donors (Lipinski definition) is 0. The molecular formula is C24H31N3O2. The Morgan fingerprint density at radius 3 is 2.62 bits per heavy atom. The smallest absolute Gasteiger partial charge is 0.411 e. The van der Waals surface area contributed by atoms with Gasteiger partial charge in [-0.15, -0.1) is 0 Å². The molecule has 2 aliphatic rings. The third kappa shape index (κ3) is 4.09. The number of rotatable bonds is 2. The summed E-state index contributed by atoms with van der Waals surface area (Å²) in [5, 5.41) is 4.62. The Morgan fingerprint density at radius 1 is 1.17 bits per heavy atom. The Bertz CT molecular complexity index is 951. The number of aromatic nitrogens is 2. The van der Waals surface area contributed by atoms with Gasteiger partial charge in [-0.1, -0.05) is 18.2 Å². The first-order valence-electron chi connectivity index (χ1n) is 10.6. The van der Waals surface area contributed by atoms with Crippen LogP contribution in [0.15, 0.2) is 36.4 Å². The summed E-state index contributed by atoms with van der Waals surface area (Å²) < 4.78 is 7.69. The monoisotopic (exact) mass is 393 g/mol. The van der Waals surface area contributed by atoms with E-state index < -0.39 is 5.60 Å². The van der Waals surface area contributed by atoms with Crippen LogP contribution < -0.4 is 0 Å². The number of carbonyl (C=O) groups excluding carboxylic acids is 1. The first-order chi connectivity index (χ1) is 13.7. The molecule has 2 bridgehead atoms. The molecule has 1 aromatic carbocycles. The second-order valence-corrected chi connectivity index (χ2v) is 9.32. The minimum atomic E-state index is -0.469. The fourth-order valence-corrected chi connectivity index (χ4v) is 4.57. The van der Waals surface area contributed by atoms with Gasteiger partial charge in [-0.3, -0.25) is 4.90 Å². The molecule has 0 N–H and O–H groups in total. The van der Waals surface area contributed by atoms with Gasteiger partial charge in [0.1, 0.15) is 5.60 Å². The van der Waals surface area contributed by atoms with Gasteiger partial charge in [0.2, 0.25) is 0 Å². The normalized spacial score (nSPS) is 21.7. The van der Waals surface area contributed by atoms with Crippen LogP contribution in [-0.2, 0) is 4.74 Å². The molecule has 1 amide bonds. The van der Waals surface area contributed by atoms with Crippen molar-refractivity contribution in [2.24, 2.45) is 0 Å². The number of hydrogen-bond acceptors (Lipinski definition) is 3. The second kappa shape index (κ2) is 7.36. The lowest BCUT2D eigenvalue weighted by atomic mass is 9.83. The highest BCUT2D eigenvalue weighted by atomic mass is 16.6. The Morgan fingerprint density at radius 2 is 1.97 bits per heavy atom. The van der Waals surface area contributed by atoms with Crippen LogP contribution in [0.4, 0.5) is 4.79 Å². The maximum absolute atomic E-state index is 12.8. The minimum absolute atomic E-state index is 0.115. The largest absolute Gasteiger partial charge is 0.444 e. The summed E-state index contributed by atoms with van der Waals surface area (Å²) in [7, 11) is 0. The van der Waals surface area contributed by atoms with E-state index in [1.54, 1.807) is 0 Å². The highest BCUT2D eigenvalue weighted by Gasteiger charge is 2.39. The summed E-state index contributed by atoms with van der Waals surface area (Å²) >= 11 is 0. The zero-order valence-electron chi connectivity index (χ0n) is 18.1. The van der Waals surface area contributed by atoms with Crippen molar-refractivity contribution in [2.45, 2.75) is 78.0 Å². The lowest BCUT2D eigenvalue weighted by Gasteiger charge is -2.45. The van der Waals surface area contributed by atoms with E-state index >= 15 is 0 Å². The van der Waals surface area contributed by atoms with Crippen molar-refractivity contribution in [3.05, 3.63) is 53.4 Å². The number of carbonyl (C=O) groups is 1. The van der Waals surface area contributed by atoms with Crippen LogP contribution in [0.25, 0.3) is 11.3 Å². The van der Waals surface area contributed by atoms with Crippen LogP contribution in [0.3, 0.4) is 0 Å². The van der Waals surface area contributed by atoms with Gasteiger partial charge in [-0.25, -0.2) is 9.48 Å². The van der Waals surface area contributed by atoms with Gasteiger partial charge in [-0.05, 0) is 89.6 Å². The summed E-state index contributed by atoms with van der Waals surface area (Å²) in [6.45, 7) is 9.88. The molecule has 5 heteroatoms. The number of benzene rings is 1. The molecule has 1 aromatic heterocycles. The molecule has 5 nitrogen and oxygen atoms in total. The molecule has 1 saturated heterocycles. The third-order valence-corrected chi connectivity index (χ3v) is 5.71. The van der Waals surface area contributed by atoms with E-state index in [-0.39, 0.29) is 18.2 Å². The Kier molecular flexibility index (Phi) is 5.01. The summed E-state index contributed by atoms with van der Waals surface area (Å²) in [4.78, 5) is 14.8. The molecule has 29 heavy (non-hydrogen) atoms. The van der Waals surface area contributed by atoms with Gasteiger partial charge in [0.25, 0.3) is 0 Å². The van der Waals surface area contributed by atoms with Gasteiger partial charge >= 0.3 is 6.09 Å². The first-order valence-corrected chi connectivity index (χ1v) is 10.6. The average molecular weight is 394 g/mol. The number of aryl methyl sites for hydroxylation is 2. The van der Waals surface area contributed by atoms with Crippen LogP contribution in [-0.4, -0.2) is 38.5 Å². The Balaban J connectivity index is 1.63. The number of ether oxygens (including phenoxy) is 1. The maximum atomic E-state index is 12.8. The molecule has 3 heterocycles. The van der Waals surface area contributed by atoms with Crippen LogP contribution in [0, 0.1) is 13.8 Å². The summed E-state index contributed by atoms with van der Waals surface area (Å²) in [6.07, 6.45) is 6.15. The number of fused-ring (bicyclic) bond motifs is 2. The quantitative estimate of drug-likeness (QED) is 0.683. The molecule has 0 spiro atoms. The highest BCUT2D eigenvalue weighted by molar-refractivity contribution is 5.75. The zero-order chi connectivity index (χ0) is 20.8. The lowest BCUT2D eigenvalue weighted by Crippen LogP contribution is -2.53. The molecule has 0 radical (unpaired) electrons. The summed E-state index contributed by atoms with van der Waals surface area (Å²) in [6, 6.07) is 11.0. The van der Waals surface area contributed by atoms with E-state index in [1.165, 1.54) is 11.1 Å². The van der Waals surface area contributed by atoms with E-state index in [2.05, 4.69) is 48.4 Å². The second-order valence-electron chi connectivity index (χ2n) is 9.32. The molecule has 1 fully saturated rings. The van der Waals surface area contributed by atoms with Gasteiger partial charge < -0.3 is 4.74 Å². The molecule has 0 aliphatic carbocycles. The summed E-state index contributed by atoms with van der Waals surface area (Å²) in [5.41, 5.74) is 5.30. The first kappa shape index (κ1) is 19.7. The molecule has 2 aliphatic heterocycles. The standard InChI is InChI=1S/C24H31N3O2/c1-16-12-17(2)27(25-16)22-11-6-8-18(13-22)19-14-20-9-7-10-21(15-19)26(20)23(28)29-24(3,4)5/h6,8,11-14,20-21H,7,9-10,15H2,1-5H3. The molecular weight excluding hydrogens is 362 g/mol. The van der Waals surface area contributed by atoms with Crippen molar-refractivity contribution in [3.8, 4) is 5.69 Å². The van der Waals surface area contributed by atoms with Crippen molar-refractivity contribution in [2.75, 3.05) is 0 Å². The van der Waals surface area contributed by atoms with Gasteiger partial charge in [0, 0.05) is 11.7 Å². The van der Waals surface area contributed by atoms with Crippen molar-refractivity contribution >= 4 is 11.7 Å². The number of amides is 1. The fourth-order valence-electron chi connectivity index (χ4n) is 4.57. The topological polar surface area (TPSA) is 47.4 Å². The van der Waals surface area contributed by atoms with E-state index in [0.29, 0.717) is 0 Å². The highest BCUT2D eigenvalue weighted by Crippen LogP contribution is 2.38. The van der Waals surface area contributed by atoms with Gasteiger partial charge in [-0.2, -0.15) is 5.10 Å². The van der Waals surface area contributed by atoms with E-state index in [1.807, 2.05) is 37.3 Å². The zero-order valence-corrected chi connectivity index (χ0v) is 18.1. The molecule has 2 atom stereocenters. The van der Waals surface area contributed by atoms with Crippen molar-refractivity contribution in [3.63, 3.8) is 0 Å². The predicted octanol–water partition coefficient (Wildman–Crippen LogP) is 5.43. The van der Waals surface area contributed by atoms with E-state index in [0.717, 1.165) is 42.8 Å². The molecule has 4 rings (SSSR count). The minimum Gasteiger partial charge on any atom is -0.444 e. The number of nitrogens with zero attached hydrogens (tertiary/aromatic N) is 3. The van der Waals surface area contributed by atoms with Crippen LogP contribution >= 0.6 is 0 Å². The molecule has 2 aromatic rings. The van der Waals surface area contributed by atoms with E-state index in [9.17, 15) is 4.79 Å². The fraction of sp³-hybridized carbons (Fsp3) is 0.500. The van der Waals surface area contributed by atoms with Crippen molar-refractivity contribution in [1.29, 1.82) is 0 Å². The lowest BCUT2D eigenvalue weighted by molar-refractivity contribution is 0.0000842.